The van der Waals surface area contributed by atoms with Gasteiger partial charge in [0.1, 0.15) is 0 Å². The molecule has 1 heteroatoms. The summed E-state index contributed by atoms with van der Waals surface area (Å²) in [6.07, 6.45) is 13.2. The lowest BCUT2D eigenvalue weighted by Crippen LogP contribution is -1.75. The molecule has 0 aliphatic heterocycles. The second-order valence-electron chi connectivity index (χ2n) is 2.04. The molecule has 0 aromatic heterocycles. The van der Waals surface area contributed by atoms with E-state index in [-0.39, 0.29) is 0 Å². The molecule has 0 aromatic carbocycles. The normalized spacial score (nSPS) is 10.2. The Bertz CT molecular complexity index is 130. The van der Waals surface area contributed by atoms with Crippen LogP contribution in [0, 0.1) is 37.0 Å². The van der Waals surface area contributed by atoms with Crippen LogP contribution < -0.4 is 0 Å². The first-order valence-electron chi connectivity index (χ1n) is 3.73. The molecule has 0 aliphatic rings. The van der Waals surface area contributed by atoms with Crippen molar-refractivity contribution in [3.8, 4) is 6.07 Å². The predicted octanol–water partition coefficient (Wildman–Crippen LogP) is 2.68. The zero-order chi connectivity index (χ0) is 8.36. The highest BCUT2D eigenvalue weighted by Gasteiger charge is 1.82. The van der Waals surface area contributed by atoms with Gasteiger partial charge in [-0.2, -0.15) is 5.26 Å². The summed E-state index contributed by atoms with van der Waals surface area (Å²) in [5.74, 6) is 0. The fraction of sp³-hybridized carbons (Fsp3) is 0.300. The van der Waals surface area contributed by atoms with Crippen molar-refractivity contribution in [2.75, 3.05) is 0 Å². The molecule has 0 saturated heterocycles. The molecule has 0 unspecified atom stereocenters. The average molecular weight is 147 g/mol. The van der Waals surface area contributed by atoms with Crippen molar-refractivity contribution in [2.45, 2.75) is 19.8 Å². The Morgan fingerprint density at radius 3 is 2.73 bits per heavy atom. The maximum atomic E-state index is 8.19. The molecule has 0 aliphatic carbocycles. The van der Waals surface area contributed by atoms with Gasteiger partial charge in [-0.3, -0.25) is 0 Å². The van der Waals surface area contributed by atoms with E-state index in [9.17, 15) is 0 Å². The third-order valence-electron chi connectivity index (χ3n) is 1.08. The summed E-state index contributed by atoms with van der Waals surface area (Å²) in [5.41, 5.74) is 0. The summed E-state index contributed by atoms with van der Waals surface area (Å²) in [4.78, 5) is 0. The Kier molecular flexibility index (Phi) is 8.58. The summed E-state index contributed by atoms with van der Waals surface area (Å²) < 4.78 is 0. The first kappa shape index (κ1) is 10.2. The lowest BCUT2D eigenvalue weighted by molar-refractivity contribution is 1.06. The second kappa shape index (κ2) is 9.23. The van der Waals surface area contributed by atoms with E-state index in [0.29, 0.717) is 6.42 Å². The fourth-order valence-electron chi connectivity index (χ4n) is 0.562. The number of nitriles is 1. The van der Waals surface area contributed by atoms with Gasteiger partial charge < -0.3 is 0 Å². The molecule has 1 nitrogen and oxygen atoms in total. The summed E-state index contributed by atoms with van der Waals surface area (Å²) in [5, 5.41) is 8.19. The monoisotopic (exact) mass is 147 g/mol. The highest BCUT2D eigenvalue weighted by atomic mass is 14.2. The molecular formula is C10H13N. The van der Waals surface area contributed by atoms with Crippen molar-refractivity contribution in [3.05, 3.63) is 37.8 Å². The SMILES string of the molecule is C[CH][CH][CH][CH]/C=C\CCC#N. The second-order valence-corrected chi connectivity index (χ2v) is 2.04. The molecule has 4 radical (unpaired) electrons. The van der Waals surface area contributed by atoms with Gasteiger partial charge in [0.2, 0.25) is 0 Å². The highest BCUT2D eigenvalue weighted by Crippen LogP contribution is 1.96. The minimum atomic E-state index is 0.605. The van der Waals surface area contributed by atoms with Crippen molar-refractivity contribution in [1.29, 1.82) is 5.26 Å². The summed E-state index contributed by atoms with van der Waals surface area (Å²) in [6, 6.07) is 2.08. The van der Waals surface area contributed by atoms with Crippen molar-refractivity contribution in [1.82, 2.24) is 0 Å². The first-order chi connectivity index (χ1) is 5.41. The van der Waals surface area contributed by atoms with Gasteiger partial charge in [0, 0.05) is 6.42 Å². The molecular weight excluding hydrogens is 134 g/mol. The number of allylic oxidation sites excluding steroid dienone is 2. The van der Waals surface area contributed by atoms with Gasteiger partial charge >= 0.3 is 0 Å². The van der Waals surface area contributed by atoms with Crippen molar-refractivity contribution in [2.24, 2.45) is 0 Å². The van der Waals surface area contributed by atoms with E-state index in [1.807, 2.05) is 44.8 Å². The lowest BCUT2D eigenvalue weighted by Gasteiger charge is -1.88. The van der Waals surface area contributed by atoms with Gasteiger partial charge in [-0.05, 0) is 32.1 Å². The molecule has 11 heavy (non-hydrogen) atoms. The zero-order valence-corrected chi connectivity index (χ0v) is 6.83. The molecule has 0 N–H and O–H groups in total. The van der Waals surface area contributed by atoms with Crippen LogP contribution in [0.15, 0.2) is 12.2 Å². The van der Waals surface area contributed by atoms with E-state index < -0.39 is 0 Å². The molecule has 58 valence electrons. The fourth-order valence-corrected chi connectivity index (χ4v) is 0.562. The Labute approximate surface area is 69.7 Å². The van der Waals surface area contributed by atoms with Crippen LogP contribution in [-0.2, 0) is 0 Å². The van der Waals surface area contributed by atoms with Crippen LogP contribution in [0.1, 0.15) is 19.8 Å². The van der Waals surface area contributed by atoms with Gasteiger partial charge in [-0.1, -0.05) is 19.1 Å². The quantitative estimate of drug-likeness (QED) is 0.530. The number of hydrogen-bond acceptors (Lipinski definition) is 1. The van der Waals surface area contributed by atoms with E-state index >= 15 is 0 Å². The van der Waals surface area contributed by atoms with E-state index in [0.717, 1.165) is 6.42 Å². The zero-order valence-electron chi connectivity index (χ0n) is 6.83. The number of nitrogens with zero attached hydrogens (tertiary/aromatic N) is 1. The predicted molar refractivity (Wildman–Crippen MR) is 46.9 cm³/mol. The Morgan fingerprint density at radius 2 is 2.09 bits per heavy atom. The maximum absolute atomic E-state index is 8.19. The molecule has 0 atom stereocenters. The molecule has 0 amide bonds. The Hall–Kier alpha value is -0.770. The van der Waals surface area contributed by atoms with Crippen LogP contribution in [0.25, 0.3) is 0 Å². The van der Waals surface area contributed by atoms with E-state index in [2.05, 4.69) is 6.07 Å². The molecule has 0 aromatic rings. The van der Waals surface area contributed by atoms with Crippen molar-refractivity contribution < 1.29 is 0 Å². The van der Waals surface area contributed by atoms with Crippen molar-refractivity contribution >= 4 is 0 Å². The van der Waals surface area contributed by atoms with Crippen LogP contribution in [0.3, 0.4) is 0 Å². The average Bonchev–Trinajstić information content (AvgIpc) is 2.03. The molecule has 0 fully saturated rings. The number of unbranched alkanes of at least 4 members (excludes halogenated alkanes) is 4. The molecule has 0 rings (SSSR count). The lowest BCUT2D eigenvalue weighted by atomic mass is 10.2. The van der Waals surface area contributed by atoms with Crippen molar-refractivity contribution in [3.63, 3.8) is 0 Å². The first-order valence-corrected chi connectivity index (χ1v) is 3.73. The van der Waals surface area contributed by atoms with Gasteiger partial charge in [0.05, 0.1) is 6.07 Å². The molecule has 0 spiro atoms. The van der Waals surface area contributed by atoms with Crippen LogP contribution in [-0.4, -0.2) is 0 Å². The minimum absolute atomic E-state index is 0.605. The summed E-state index contributed by atoms with van der Waals surface area (Å²) in [6.45, 7) is 1.98. The Morgan fingerprint density at radius 1 is 1.27 bits per heavy atom. The smallest absolute Gasteiger partial charge is 0.0624 e. The Balaban J connectivity index is 2.98. The topological polar surface area (TPSA) is 23.8 Å². The minimum Gasteiger partial charge on any atom is -0.198 e. The third kappa shape index (κ3) is 9.23. The van der Waals surface area contributed by atoms with Crippen LogP contribution >= 0.6 is 0 Å². The largest absolute Gasteiger partial charge is 0.198 e. The molecule has 0 heterocycles. The van der Waals surface area contributed by atoms with Crippen LogP contribution in [0.4, 0.5) is 0 Å². The van der Waals surface area contributed by atoms with Crippen LogP contribution in [0.2, 0.25) is 0 Å². The third-order valence-corrected chi connectivity index (χ3v) is 1.08. The van der Waals surface area contributed by atoms with Crippen LogP contribution in [0.5, 0.6) is 0 Å². The standard InChI is InChI=1S/C10H13N/c1-2-3-4-5-6-7-8-9-10-11/h2-7H,8-9H2,1H3/b7-6-. The number of rotatable bonds is 6. The molecule has 0 bridgehead atoms. The van der Waals surface area contributed by atoms with E-state index in [4.69, 9.17) is 5.26 Å². The summed E-state index contributed by atoms with van der Waals surface area (Å²) in [7, 11) is 0. The molecule has 0 saturated carbocycles. The van der Waals surface area contributed by atoms with Gasteiger partial charge in [0.25, 0.3) is 0 Å². The maximum Gasteiger partial charge on any atom is 0.0624 e. The summed E-state index contributed by atoms with van der Waals surface area (Å²) >= 11 is 0. The highest BCUT2D eigenvalue weighted by molar-refractivity contribution is 5.11. The van der Waals surface area contributed by atoms with E-state index in [1.165, 1.54) is 0 Å². The number of hydrogen-bond donors (Lipinski definition) is 0. The van der Waals surface area contributed by atoms with Gasteiger partial charge in [-0.15, -0.1) is 0 Å². The van der Waals surface area contributed by atoms with E-state index in [1.54, 1.807) is 0 Å². The van der Waals surface area contributed by atoms with Gasteiger partial charge in [-0.25, -0.2) is 0 Å². The van der Waals surface area contributed by atoms with Gasteiger partial charge in [0.15, 0.2) is 0 Å².